The molecule has 0 bridgehead atoms. The molecule has 4 nitrogen and oxygen atoms in total. The van der Waals surface area contributed by atoms with Crippen molar-refractivity contribution in [2.24, 2.45) is 4.99 Å². The highest BCUT2D eigenvalue weighted by Gasteiger charge is 2.32. The molecule has 1 fully saturated rings. The van der Waals surface area contributed by atoms with Gasteiger partial charge in [0.25, 0.3) is 5.91 Å². The van der Waals surface area contributed by atoms with Gasteiger partial charge in [-0.3, -0.25) is 9.69 Å². The van der Waals surface area contributed by atoms with Gasteiger partial charge in [-0.25, -0.2) is 9.38 Å². The molecule has 27 heavy (non-hydrogen) atoms. The lowest BCUT2D eigenvalue weighted by Gasteiger charge is -2.12. The van der Waals surface area contributed by atoms with Gasteiger partial charge in [0.2, 0.25) is 0 Å². The van der Waals surface area contributed by atoms with Crippen molar-refractivity contribution in [2.75, 3.05) is 13.2 Å². The van der Waals surface area contributed by atoms with Crippen LogP contribution in [0, 0.1) is 5.82 Å². The predicted octanol–water partition coefficient (Wildman–Crippen LogP) is 5.24. The van der Waals surface area contributed by atoms with E-state index in [4.69, 9.17) is 4.74 Å². The highest BCUT2D eigenvalue weighted by molar-refractivity contribution is 8.18. The number of halogens is 1. The Hall–Kier alpha value is -2.60. The number of rotatable bonds is 6. The molecule has 1 amide bonds. The fraction of sp³-hybridized carbons (Fsp3) is 0.238. The van der Waals surface area contributed by atoms with Gasteiger partial charge in [-0.2, -0.15) is 0 Å². The van der Waals surface area contributed by atoms with Crippen LogP contribution in [0.2, 0.25) is 0 Å². The minimum Gasteiger partial charge on any atom is -0.494 e. The summed E-state index contributed by atoms with van der Waals surface area (Å²) in [6.45, 7) is 5.04. The molecule has 140 valence electrons. The van der Waals surface area contributed by atoms with Gasteiger partial charge in [0.15, 0.2) is 5.17 Å². The Balaban J connectivity index is 1.88. The third kappa shape index (κ3) is 4.57. The molecule has 0 radical (unpaired) electrons. The molecule has 0 aromatic heterocycles. The first-order chi connectivity index (χ1) is 13.1. The highest BCUT2D eigenvalue weighted by Crippen LogP contribution is 2.34. The molecule has 0 unspecified atom stereocenters. The number of hydrogen-bond acceptors (Lipinski definition) is 4. The molecule has 0 atom stereocenters. The molecular weight excluding hydrogens is 363 g/mol. The summed E-state index contributed by atoms with van der Waals surface area (Å²) in [6.07, 6.45) is 2.75. The molecule has 1 heterocycles. The molecule has 1 aliphatic heterocycles. The lowest BCUT2D eigenvalue weighted by molar-refractivity contribution is -0.122. The first-order valence-electron chi connectivity index (χ1n) is 8.90. The van der Waals surface area contributed by atoms with Gasteiger partial charge in [0, 0.05) is 6.54 Å². The van der Waals surface area contributed by atoms with Crippen molar-refractivity contribution in [1.29, 1.82) is 0 Å². The fourth-order valence-corrected chi connectivity index (χ4v) is 3.64. The molecule has 2 aromatic carbocycles. The van der Waals surface area contributed by atoms with Crippen molar-refractivity contribution < 1.29 is 13.9 Å². The standard InChI is InChI=1S/C21H21FN2O2S/c1-3-12-26-16-9-7-8-15(13-16)14-19-20(25)24(4-2)21(27-19)23-18-11-6-5-10-17(18)22/h5-11,13-14H,3-4,12H2,1-2H3/b19-14+,23-21?. The van der Waals surface area contributed by atoms with Crippen LogP contribution in [-0.4, -0.2) is 29.1 Å². The first-order valence-corrected chi connectivity index (χ1v) is 9.71. The van der Waals surface area contributed by atoms with Crippen LogP contribution in [0.5, 0.6) is 5.75 Å². The average Bonchev–Trinajstić information content (AvgIpc) is 2.96. The molecule has 2 aromatic rings. The van der Waals surface area contributed by atoms with E-state index in [1.54, 1.807) is 23.1 Å². The van der Waals surface area contributed by atoms with Crippen LogP contribution >= 0.6 is 11.8 Å². The summed E-state index contributed by atoms with van der Waals surface area (Å²) in [5.41, 5.74) is 1.10. The SMILES string of the molecule is CCCOc1cccc(/C=C2/SC(=Nc3ccccc3F)N(CC)C2=O)c1. The number of nitrogens with zero attached hydrogens (tertiary/aromatic N) is 2. The van der Waals surface area contributed by atoms with Gasteiger partial charge in [-0.05, 0) is 61.0 Å². The summed E-state index contributed by atoms with van der Waals surface area (Å²) in [4.78, 5) is 19.2. The van der Waals surface area contributed by atoms with E-state index in [1.165, 1.54) is 17.8 Å². The fourth-order valence-electron chi connectivity index (χ4n) is 2.58. The summed E-state index contributed by atoms with van der Waals surface area (Å²) in [6, 6.07) is 13.9. The van der Waals surface area contributed by atoms with Crippen LogP contribution in [0.15, 0.2) is 58.4 Å². The number of thioether (sulfide) groups is 1. The Bertz CT molecular complexity index is 895. The van der Waals surface area contributed by atoms with Crippen LogP contribution in [0.4, 0.5) is 10.1 Å². The lowest BCUT2D eigenvalue weighted by Crippen LogP contribution is -2.28. The largest absolute Gasteiger partial charge is 0.494 e. The second kappa shape index (κ2) is 8.86. The van der Waals surface area contributed by atoms with E-state index in [9.17, 15) is 9.18 Å². The number of amides is 1. The maximum Gasteiger partial charge on any atom is 0.266 e. The minimum atomic E-state index is -0.410. The molecular formula is C21H21FN2O2S. The predicted molar refractivity (Wildman–Crippen MR) is 109 cm³/mol. The number of hydrogen-bond donors (Lipinski definition) is 0. The number of aliphatic imine (C=N–C) groups is 1. The zero-order chi connectivity index (χ0) is 19.2. The van der Waals surface area contributed by atoms with Crippen molar-refractivity contribution in [3.05, 3.63) is 64.8 Å². The van der Waals surface area contributed by atoms with Gasteiger partial charge in [0.1, 0.15) is 17.3 Å². The number of carbonyl (C=O) groups excluding carboxylic acids is 1. The average molecular weight is 384 g/mol. The van der Waals surface area contributed by atoms with Crippen LogP contribution in [0.3, 0.4) is 0 Å². The smallest absolute Gasteiger partial charge is 0.266 e. The van der Waals surface area contributed by atoms with E-state index in [-0.39, 0.29) is 11.6 Å². The number of carbonyl (C=O) groups is 1. The Labute approximate surface area is 162 Å². The van der Waals surface area contributed by atoms with E-state index < -0.39 is 5.82 Å². The van der Waals surface area contributed by atoms with Crippen LogP contribution in [0.25, 0.3) is 6.08 Å². The topological polar surface area (TPSA) is 41.9 Å². The number of para-hydroxylation sites is 1. The second-order valence-corrected chi connectivity index (χ2v) is 6.94. The van der Waals surface area contributed by atoms with E-state index in [0.717, 1.165) is 17.7 Å². The molecule has 0 spiro atoms. The zero-order valence-electron chi connectivity index (χ0n) is 15.3. The van der Waals surface area contributed by atoms with Crippen molar-refractivity contribution >= 4 is 34.6 Å². The number of ether oxygens (including phenoxy) is 1. The van der Waals surface area contributed by atoms with Gasteiger partial charge >= 0.3 is 0 Å². The maximum atomic E-state index is 13.9. The Morgan fingerprint density at radius 3 is 2.74 bits per heavy atom. The van der Waals surface area contributed by atoms with Crippen molar-refractivity contribution in [2.45, 2.75) is 20.3 Å². The number of likely N-dealkylation sites (N-methyl/N-ethyl adjacent to an activating group) is 1. The van der Waals surface area contributed by atoms with E-state index in [0.29, 0.717) is 23.2 Å². The summed E-state index contributed by atoms with van der Waals surface area (Å²) in [7, 11) is 0. The third-order valence-electron chi connectivity index (χ3n) is 3.90. The van der Waals surface area contributed by atoms with Crippen molar-refractivity contribution in [3.8, 4) is 5.75 Å². The van der Waals surface area contributed by atoms with Gasteiger partial charge in [-0.15, -0.1) is 0 Å². The number of benzene rings is 2. The summed E-state index contributed by atoms with van der Waals surface area (Å²) >= 11 is 1.25. The van der Waals surface area contributed by atoms with Crippen LogP contribution in [0.1, 0.15) is 25.8 Å². The lowest BCUT2D eigenvalue weighted by atomic mass is 10.2. The Kier molecular flexibility index (Phi) is 6.29. The number of amidine groups is 1. The first kappa shape index (κ1) is 19.2. The highest BCUT2D eigenvalue weighted by atomic mass is 32.2. The molecule has 0 aliphatic carbocycles. The quantitative estimate of drug-likeness (QED) is 0.640. The molecule has 3 rings (SSSR count). The zero-order valence-corrected chi connectivity index (χ0v) is 16.1. The summed E-state index contributed by atoms with van der Waals surface area (Å²) in [5.74, 6) is 0.235. The maximum absolute atomic E-state index is 13.9. The van der Waals surface area contributed by atoms with Crippen molar-refractivity contribution in [3.63, 3.8) is 0 Å². The normalized spacial score (nSPS) is 17.1. The molecule has 1 saturated heterocycles. The van der Waals surface area contributed by atoms with Gasteiger partial charge in [-0.1, -0.05) is 31.2 Å². The molecule has 1 aliphatic rings. The Morgan fingerprint density at radius 2 is 2.00 bits per heavy atom. The van der Waals surface area contributed by atoms with Crippen LogP contribution < -0.4 is 4.74 Å². The summed E-state index contributed by atoms with van der Waals surface area (Å²) in [5, 5.41) is 0.484. The molecule has 0 N–H and O–H groups in total. The van der Waals surface area contributed by atoms with Gasteiger partial charge in [0.05, 0.1) is 11.5 Å². The van der Waals surface area contributed by atoms with E-state index in [2.05, 4.69) is 11.9 Å². The van der Waals surface area contributed by atoms with Crippen molar-refractivity contribution in [1.82, 2.24) is 4.90 Å². The second-order valence-electron chi connectivity index (χ2n) is 5.93. The third-order valence-corrected chi connectivity index (χ3v) is 4.91. The van der Waals surface area contributed by atoms with Gasteiger partial charge < -0.3 is 4.74 Å². The van der Waals surface area contributed by atoms with Crippen LogP contribution in [-0.2, 0) is 4.79 Å². The minimum absolute atomic E-state index is 0.127. The van der Waals surface area contributed by atoms with E-state index >= 15 is 0 Å². The Morgan fingerprint density at radius 1 is 1.19 bits per heavy atom. The monoisotopic (exact) mass is 384 g/mol. The molecule has 0 saturated carbocycles. The van der Waals surface area contributed by atoms with E-state index in [1.807, 2.05) is 37.3 Å². The molecule has 6 heteroatoms. The summed E-state index contributed by atoms with van der Waals surface area (Å²) < 4.78 is 19.6.